The smallest absolute Gasteiger partial charge is 0.0159 e. The van der Waals surface area contributed by atoms with E-state index in [9.17, 15) is 0 Å². The Morgan fingerprint density at radius 2 is 0.684 bits per heavy atom. The van der Waals surface area contributed by atoms with E-state index in [1.165, 1.54) is 128 Å². The average molecular weight is 529 g/mol. The van der Waals surface area contributed by atoms with Gasteiger partial charge in [-0.15, -0.1) is 0 Å². The fourth-order valence-corrected chi connectivity index (χ4v) is 10.4. The van der Waals surface area contributed by atoms with E-state index in [0.717, 1.165) is 23.7 Å². The Morgan fingerprint density at radius 1 is 0.395 bits per heavy atom. The molecule has 0 nitrogen and oxygen atoms in total. The van der Waals surface area contributed by atoms with E-state index in [4.69, 9.17) is 0 Å². The van der Waals surface area contributed by atoms with Crippen LogP contribution < -0.4 is 10.6 Å². The van der Waals surface area contributed by atoms with Gasteiger partial charge in [-0.1, -0.05) is 113 Å². The highest BCUT2D eigenvalue weighted by molar-refractivity contribution is 7.72. The number of rotatable bonds is 6. The zero-order valence-corrected chi connectivity index (χ0v) is 25.3. The zero-order valence-electron chi connectivity index (χ0n) is 24.4. The third kappa shape index (κ3) is 6.12. The normalized spacial score (nSPS) is 23.2. The van der Waals surface area contributed by atoms with Gasteiger partial charge in [-0.25, -0.2) is 0 Å². The van der Waals surface area contributed by atoms with Crippen molar-refractivity contribution in [2.75, 3.05) is 6.66 Å². The van der Waals surface area contributed by atoms with E-state index < -0.39 is 0 Å². The molecule has 0 unspecified atom stereocenters. The summed E-state index contributed by atoms with van der Waals surface area (Å²) in [7, 11) is -0.305. The number of hydrogen-bond acceptors (Lipinski definition) is 0. The van der Waals surface area contributed by atoms with Crippen molar-refractivity contribution in [2.45, 2.75) is 152 Å². The van der Waals surface area contributed by atoms with E-state index in [1.807, 2.05) is 0 Å². The fourth-order valence-electron chi connectivity index (χ4n) is 8.80. The van der Waals surface area contributed by atoms with Gasteiger partial charge in [0.2, 0.25) is 0 Å². The maximum absolute atomic E-state index is 2.74. The molecular formula is C37H53P. The summed E-state index contributed by atoms with van der Waals surface area (Å²) < 4.78 is 0. The molecule has 206 valence electrons. The first-order valence-corrected chi connectivity index (χ1v) is 18.6. The van der Waals surface area contributed by atoms with Gasteiger partial charge in [0.15, 0.2) is 0 Å². The summed E-state index contributed by atoms with van der Waals surface area (Å²) in [6, 6.07) is 15.8. The molecule has 6 rings (SSSR count). The van der Waals surface area contributed by atoms with Gasteiger partial charge >= 0.3 is 0 Å². The molecule has 2 aromatic rings. The van der Waals surface area contributed by atoms with Gasteiger partial charge in [0, 0.05) is 0 Å². The molecule has 0 spiro atoms. The number of hydrogen-bond donors (Lipinski definition) is 0. The predicted octanol–water partition coefficient (Wildman–Crippen LogP) is 10.9. The zero-order chi connectivity index (χ0) is 25.7. The largest absolute Gasteiger partial charge is 0.0578 e. The third-order valence-corrected chi connectivity index (χ3v) is 13.2. The lowest BCUT2D eigenvalue weighted by molar-refractivity contribution is 0.419. The van der Waals surface area contributed by atoms with Crippen LogP contribution in [0.4, 0.5) is 0 Å². The second kappa shape index (κ2) is 13.0. The van der Waals surface area contributed by atoms with E-state index in [2.05, 4.69) is 43.1 Å². The van der Waals surface area contributed by atoms with Gasteiger partial charge in [0.1, 0.15) is 0 Å². The minimum absolute atomic E-state index is 0.305. The van der Waals surface area contributed by atoms with Gasteiger partial charge in [-0.2, -0.15) is 0 Å². The van der Waals surface area contributed by atoms with Crippen molar-refractivity contribution in [3.63, 3.8) is 0 Å². The second-order valence-electron chi connectivity index (χ2n) is 13.5. The Bertz CT molecular complexity index is 945. The molecule has 4 fully saturated rings. The molecule has 38 heavy (non-hydrogen) atoms. The fraction of sp³-hybridized carbons (Fsp3) is 0.676. The molecule has 0 amide bonds. The predicted molar refractivity (Wildman–Crippen MR) is 168 cm³/mol. The monoisotopic (exact) mass is 528 g/mol. The van der Waals surface area contributed by atoms with Gasteiger partial charge in [-0.05, 0) is 122 Å². The van der Waals surface area contributed by atoms with E-state index in [-0.39, 0.29) is 7.92 Å². The summed E-state index contributed by atoms with van der Waals surface area (Å²) in [5.41, 5.74) is 7.04. The molecule has 1 heteroatoms. The van der Waals surface area contributed by atoms with Crippen LogP contribution in [0.3, 0.4) is 0 Å². The maximum Gasteiger partial charge on any atom is -0.0159 e. The standard InChI is InChI=1S/C37H53P/c1-38(32-22-24-34(28-14-6-2-7-15-28)36(26-32)30-18-10-4-11-19-30)33-23-25-35(29-16-8-3-9-17-29)37(27-33)31-20-12-5-13-21-31/h22-31H,2-21H2,1H3. The highest BCUT2D eigenvalue weighted by Crippen LogP contribution is 2.44. The van der Waals surface area contributed by atoms with Crippen LogP contribution in [0.5, 0.6) is 0 Å². The highest BCUT2D eigenvalue weighted by atomic mass is 31.1. The van der Waals surface area contributed by atoms with Crippen LogP contribution in [0, 0.1) is 0 Å². The summed E-state index contributed by atoms with van der Waals surface area (Å²) >= 11 is 0. The van der Waals surface area contributed by atoms with Crippen LogP contribution in [0.1, 0.15) is 174 Å². The SMILES string of the molecule is CP(c1ccc(C2CCCCC2)c(C2CCCCC2)c1)c1ccc(C2CCCCC2)c(C2CCCCC2)c1. The Kier molecular flexibility index (Phi) is 9.27. The Hall–Kier alpha value is -1.13. The molecule has 4 aliphatic carbocycles. The third-order valence-electron chi connectivity index (χ3n) is 11.1. The minimum Gasteiger partial charge on any atom is -0.0578 e. The molecule has 0 radical (unpaired) electrons. The second-order valence-corrected chi connectivity index (χ2v) is 15.7. The summed E-state index contributed by atoms with van der Waals surface area (Å²) in [4.78, 5) is 0. The maximum atomic E-state index is 2.74. The highest BCUT2D eigenvalue weighted by Gasteiger charge is 2.27. The first-order chi connectivity index (χ1) is 18.8. The van der Waals surface area contributed by atoms with Crippen LogP contribution in [-0.2, 0) is 0 Å². The van der Waals surface area contributed by atoms with Crippen LogP contribution >= 0.6 is 7.92 Å². The van der Waals surface area contributed by atoms with Crippen molar-refractivity contribution >= 4 is 18.5 Å². The summed E-state index contributed by atoms with van der Waals surface area (Å²) in [6.45, 7) is 2.57. The molecule has 0 bridgehead atoms. The van der Waals surface area contributed by atoms with Crippen LogP contribution in [0.15, 0.2) is 36.4 Å². The van der Waals surface area contributed by atoms with E-state index in [0.29, 0.717) is 0 Å². The van der Waals surface area contributed by atoms with Crippen LogP contribution in [0.2, 0.25) is 0 Å². The molecule has 0 heterocycles. The van der Waals surface area contributed by atoms with Crippen molar-refractivity contribution in [1.82, 2.24) is 0 Å². The number of benzene rings is 2. The lowest BCUT2D eigenvalue weighted by Gasteiger charge is -2.32. The summed E-state index contributed by atoms with van der Waals surface area (Å²) in [5, 5.41) is 3.28. The molecular weight excluding hydrogens is 475 g/mol. The minimum atomic E-state index is -0.305. The van der Waals surface area contributed by atoms with Crippen LogP contribution in [0.25, 0.3) is 0 Å². The van der Waals surface area contributed by atoms with Crippen molar-refractivity contribution in [2.24, 2.45) is 0 Å². The molecule has 0 N–H and O–H groups in total. The van der Waals surface area contributed by atoms with Crippen molar-refractivity contribution < 1.29 is 0 Å². The molecule has 0 atom stereocenters. The topological polar surface area (TPSA) is 0 Å². The van der Waals surface area contributed by atoms with Gasteiger partial charge in [0.25, 0.3) is 0 Å². The van der Waals surface area contributed by atoms with Gasteiger partial charge in [-0.3, -0.25) is 0 Å². The molecule has 4 saturated carbocycles. The lowest BCUT2D eigenvalue weighted by atomic mass is 9.76. The van der Waals surface area contributed by atoms with Gasteiger partial charge < -0.3 is 0 Å². The molecule has 2 aromatic carbocycles. The molecule has 0 aromatic heterocycles. The Balaban J connectivity index is 1.33. The first-order valence-electron chi connectivity index (χ1n) is 16.8. The molecule has 0 aliphatic heterocycles. The van der Waals surface area contributed by atoms with E-state index in [1.54, 1.807) is 32.9 Å². The van der Waals surface area contributed by atoms with E-state index >= 15 is 0 Å². The van der Waals surface area contributed by atoms with Crippen molar-refractivity contribution in [3.8, 4) is 0 Å². The Labute approximate surface area is 235 Å². The van der Waals surface area contributed by atoms with Crippen molar-refractivity contribution in [1.29, 1.82) is 0 Å². The first kappa shape index (κ1) is 27.1. The lowest BCUT2D eigenvalue weighted by Crippen LogP contribution is -2.19. The quantitative estimate of drug-likeness (QED) is 0.327. The van der Waals surface area contributed by atoms with Crippen molar-refractivity contribution in [3.05, 3.63) is 58.7 Å². The average Bonchev–Trinajstić information content (AvgIpc) is 3.02. The summed E-state index contributed by atoms with van der Waals surface area (Å²) in [6.07, 6.45) is 28.7. The summed E-state index contributed by atoms with van der Waals surface area (Å²) in [5.74, 6) is 3.28. The Morgan fingerprint density at radius 3 is 1.00 bits per heavy atom. The molecule has 0 saturated heterocycles. The van der Waals surface area contributed by atoms with Gasteiger partial charge in [0.05, 0.1) is 0 Å². The van der Waals surface area contributed by atoms with Crippen LogP contribution in [-0.4, -0.2) is 6.66 Å². The molecule has 4 aliphatic rings.